The fourth-order valence-electron chi connectivity index (χ4n) is 3.00. The molecule has 100 valence electrons. The van der Waals surface area contributed by atoms with Gasteiger partial charge >= 0.3 is 0 Å². The first kappa shape index (κ1) is 12.0. The van der Waals surface area contributed by atoms with Gasteiger partial charge < -0.3 is 4.57 Å². The van der Waals surface area contributed by atoms with Crippen LogP contribution in [0.4, 0.5) is 8.78 Å². The third-order valence-electron chi connectivity index (χ3n) is 4.82. The molecule has 1 aromatic rings. The van der Waals surface area contributed by atoms with E-state index in [9.17, 15) is 8.78 Å². The second-order valence-corrected chi connectivity index (χ2v) is 5.80. The van der Waals surface area contributed by atoms with Gasteiger partial charge in [-0.15, -0.1) is 10.2 Å². The topological polar surface area (TPSA) is 34.0 Å². The summed E-state index contributed by atoms with van der Waals surface area (Å²) < 4.78 is 29.2. The maximum Gasteiger partial charge on any atom is 0.258 e. The van der Waals surface area contributed by atoms with Crippen molar-refractivity contribution in [2.45, 2.75) is 32.7 Å². The summed E-state index contributed by atoms with van der Waals surface area (Å²) in [4.78, 5) is 2.07. The fourth-order valence-corrected chi connectivity index (χ4v) is 3.00. The van der Waals surface area contributed by atoms with Crippen LogP contribution in [0.15, 0.2) is 0 Å². The molecular weight excluding hydrogens is 238 g/mol. The Kier molecular flexibility index (Phi) is 2.33. The molecule has 0 radical (unpaired) electrons. The second kappa shape index (κ2) is 3.50. The number of alkyl halides is 2. The molecule has 2 fully saturated rings. The van der Waals surface area contributed by atoms with Gasteiger partial charge in [0.2, 0.25) is 0 Å². The molecule has 0 bridgehead atoms. The van der Waals surface area contributed by atoms with Gasteiger partial charge in [-0.25, -0.2) is 8.78 Å². The van der Waals surface area contributed by atoms with E-state index in [4.69, 9.17) is 0 Å². The highest BCUT2D eigenvalue weighted by Crippen LogP contribution is 2.69. The number of likely N-dealkylation sites (tertiary alicyclic amines) is 1. The summed E-state index contributed by atoms with van der Waals surface area (Å²) in [5.41, 5.74) is -0.751. The Morgan fingerprint density at radius 2 is 2.11 bits per heavy atom. The van der Waals surface area contributed by atoms with E-state index >= 15 is 0 Å². The molecule has 0 aromatic carbocycles. The molecule has 4 nitrogen and oxygen atoms in total. The molecule has 18 heavy (non-hydrogen) atoms. The van der Waals surface area contributed by atoms with Gasteiger partial charge in [-0.2, -0.15) is 0 Å². The van der Waals surface area contributed by atoms with Crippen molar-refractivity contribution in [2.24, 2.45) is 18.4 Å². The van der Waals surface area contributed by atoms with Crippen LogP contribution in [0.2, 0.25) is 0 Å². The Bertz CT molecular complexity index is 484. The third kappa shape index (κ3) is 1.44. The zero-order chi connectivity index (χ0) is 13.1. The summed E-state index contributed by atoms with van der Waals surface area (Å²) in [5, 5.41) is 8.08. The number of nitrogens with zero attached hydrogens (tertiary/aromatic N) is 4. The number of hydrogen-bond acceptors (Lipinski definition) is 3. The van der Waals surface area contributed by atoms with Crippen LogP contribution in [-0.4, -0.2) is 38.7 Å². The summed E-state index contributed by atoms with van der Waals surface area (Å²) in [6, 6.07) is 0. The van der Waals surface area contributed by atoms with E-state index in [0.717, 1.165) is 11.6 Å². The van der Waals surface area contributed by atoms with Gasteiger partial charge in [0, 0.05) is 24.9 Å². The Hall–Kier alpha value is -1.04. The summed E-state index contributed by atoms with van der Waals surface area (Å²) in [6.07, 6.45) is 0.571. The van der Waals surface area contributed by atoms with Crippen LogP contribution < -0.4 is 0 Å². The van der Waals surface area contributed by atoms with Crippen molar-refractivity contribution < 1.29 is 8.78 Å². The van der Waals surface area contributed by atoms with Crippen LogP contribution in [0.1, 0.15) is 25.0 Å². The average Bonchev–Trinajstić information content (AvgIpc) is 2.58. The molecule has 2 atom stereocenters. The van der Waals surface area contributed by atoms with Crippen molar-refractivity contribution in [3.8, 4) is 0 Å². The van der Waals surface area contributed by atoms with Gasteiger partial charge in [-0.1, -0.05) is 6.92 Å². The average molecular weight is 256 g/mol. The molecule has 2 heterocycles. The van der Waals surface area contributed by atoms with Crippen LogP contribution in [-0.2, 0) is 13.6 Å². The minimum absolute atomic E-state index is 0.468. The molecule has 6 heteroatoms. The third-order valence-corrected chi connectivity index (χ3v) is 4.82. The molecule has 1 saturated heterocycles. The van der Waals surface area contributed by atoms with Crippen LogP contribution in [0.3, 0.4) is 0 Å². The minimum atomic E-state index is -2.47. The molecule has 0 N–H and O–H groups in total. The van der Waals surface area contributed by atoms with E-state index in [1.807, 2.05) is 18.5 Å². The number of piperidine rings is 1. The Morgan fingerprint density at radius 3 is 2.67 bits per heavy atom. The lowest BCUT2D eigenvalue weighted by Gasteiger charge is -2.27. The monoisotopic (exact) mass is 256 g/mol. The lowest BCUT2D eigenvalue weighted by atomic mass is 9.97. The molecule has 1 aliphatic heterocycles. The normalized spacial score (nSPS) is 34.4. The van der Waals surface area contributed by atoms with Crippen molar-refractivity contribution in [3.05, 3.63) is 11.6 Å². The highest BCUT2D eigenvalue weighted by atomic mass is 19.3. The van der Waals surface area contributed by atoms with E-state index in [1.54, 1.807) is 6.92 Å². The number of rotatable bonds is 2. The number of hydrogen-bond donors (Lipinski definition) is 0. The van der Waals surface area contributed by atoms with Gasteiger partial charge in [0.25, 0.3) is 5.92 Å². The molecular formula is C12H18F2N4. The fraction of sp³-hybridized carbons (Fsp3) is 0.833. The number of fused-ring (bicyclic) bond motifs is 1. The van der Waals surface area contributed by atoms with Crippen molar-refractivity contribution in [3.63, 3.8) is 0 Å². The van der Waals surface area contributed by atoms with Crippen molar-refractivity contribution in [1.82, 2.24) is 19.7 Å². The highest BCUT2D eigenvalue weighted by Gasteiger charge is 2.78. The molecule has 3 rings (SSSR count). The number of halogens is 2. The van der Waals surface area contributed by atoms with Crippen LogP contribution in [0.5, 0.6) is 0 Å². The van der Waals surface area contributed by atoms with E-state index in [0.29, 0.717) is 26.1 Å². The maximum absolute atomic E-state index is 13.6. The predicted octanol–water partition coefficient (Wildman–Crippen LogP) is 1.60. The molecule has 2 aliphatic rings. The minimum Gasteiger partial charge on any atom is -0.317 e. The van der Waals surface area contributed by atoms with Crippen molar-refractivity contribution >= 4 is 0 Å². The lowest BCUT2D eigenvalue weighted by Crippen LogP contribution is -2.34. The first-order valence-corrected chi connectivity index (χ1v) is 6.31. The van der Waals surface area contributed by atoms with Crippen molar-refractivity contribution in [2.75, 3.05) is 13.1 Å². The Balaban J connectivity index is 1.69. The predicted molar refractivity (Wildman–Crippen MR) is 62.2 cm³/mol. The summed E-state index contributed by atoms with van der Waals surface area (Å²) in [7, 11) is 1.91. The van der Waals surface area contributed by atoms with Gasteiger partial charge in [0.15, 0.2) is 0 Å². The Labute approximate surface area is 105 Å². The van der Waals surface area contributed by atoms with Gasteiger partial charge in [0.05, 0.1) is 6.54 Å². The summed E-state index contributed by atoms with van der Waals surface area (Å²) in [6.45, 7) is 5.39. The largest absolute Gasteiger partial charge is 0.317 e. The Morgan fingerprint density at radius 1 is 1.39 bits per heavy atom. The second-order valence-electron chi connectivity index (χ2n) is 5.80. The van der Waals surface area contributed by atoms with E-state index in [1.165, 1.54) is 0 Å². The zero-order valence-corrected chi connectivity index (χ0v) is 11.0. The molecule has 2 unspecified atom stereocenters. The molecule has 1 aromatic heterocycles. The number of aryl methyl sites for hydroxylation is 1. The molecule has 0 amide bonds. The first-order chi connectivity index (χ1) is 8.36. The summed E-state index contributed by atoms with van der Waals surface area (Å²) >= 11 is 0. The summed E-state index contributed by atoms with van der Waals surface area (Å²) in [5.74, 6) is -1.26. The van der Waals surface area contributed by atoms with Crippen LogP contribution in [0, 0.1) is 18.3 Å². The molecule has 1 aliphatic carbocycles. The van der Waals surface area contributed by atoms with E-state index < -0.39 is 17.3 Å². The quantitative estimate of drug-likeness (QED) is 0.806. The van der Waals surface area contributed by atoms with E-state index in [2.05, 4.69) is 15.1 Å². The van der Waals surface area contributed by atoms with Crippen molar-refractivity contribution in [1.29, 1.82) is 0 Å². The standard InChI is InChI=1S/C12H18F2N4/c1-8-15-16-10(17(8)3)7-18-5-4-11(2)9(6-18)12(11,13)14/h9H,4-7H2,1-3H3. The van der Waals surface area contributed by atoms with Gasteiger partial charge in [-0.05, 0) is 19.9 Å². The van der Waals surface area contributed by atoms with Gasteiger partial charge in [0.1, 0.15) is 11.6 Å². The number of aromatic nitrogens is 3. The SMILES string of the molecule is Cc1nnc(CN2CCC3(C)C(C2)C3(F)F)n1C. The highest BCUT2D eigenvalue weighted by molar-refractivity contribution is 5.18. The lowest BCUT2D eigenvalue weighted by molar-refractivity contribution is 0.0636. The maximum atomic E-state index is 13.6. The van der Waals surface area contributed by atoms with Crippen LogP contribution >= 0.6 is 0 Å². The van der Waals surface area contributed by atoms with Crippen LogP contribution in [0.25, 0.3) is 0 Å². The van der Waals surface area contributed by atoms with Gasteiger partial charge in [-0.3, -0.25) is 4.90 Å². The zero-order valence-electron chi connectivity index (χ0n) is 11.0. The molecule has 1 saturated carbocycles. The molecule has 0 spiro atoms. The first-order valence-electron chi connectivity index (χ1n) is 6.31. The smallest absolute Gasteiger partial charge is 0.258 e. The van der Waals surface area contributed by atoms with E-state index in [-0.39, 0.29) is 0 Å².